The molecule has 0 radical (unpaired) electrons. The van der Waals surface area contributed by atoms with Crippen molar-refractivity contribution in [2.45, 2.75) is 44.9 Å². The number of hydrogen-bond donors (Lipinski definition) is 1. The van der Waals surface area contributed by atoms with Gasteiger partial charge in [-0.1, -0.05) is 5.21 Å². The number of aromatic nitrogens is 4. The van der Waals surface area contributed by atoms with Crippen LogP contribution in [0.25, 0.3) is 0 Å². The van der Waals surface area contributed by atoms with Gasteiger partial charge >= 0.3 is 12.1 Å². The lowest BCUT2D eigenvalue weighted by Crippen LogP contribution is -2.40. The Balaban J connectivity index is 0.000000360. The van der Waals surface area contributed by atoms with Gasteiger partial charge < -0.3 is 14.7 Å². The SMILES string of the molecule is COCC1CN(C(=O)c2ccc(C)nc2)Cc2nnn(CC3CC3)c21.O=C(O)C(F)(F)F. The molecule has 1 unspecified atom stereocenters. The van der Waals surface area contributed by atoms with Gasteiger partial charge in [0.2, 0.25) is 0 Å². The minimum atomic E-state index is -5.08. The Morgan fingerprint density at radius 2 is 1.97 bits per heavy atom. The summed E-state index contributed by atoms with van der Waals surface area (Å²) in [6.45, 7) is 4.51. The standard InChI is InChI=1S/C18H23N5O2.C2HF3O2/c1-12-3-6-14(7-19-12)18(24)22-9-15(11-25-2)17-16(10-22)20-21-23(17)8-13-4-5-13;3-2(4,5)1(6)7/h3,6-7,13,15H,4-5,8-11H2,1-2H3;(H,6,7). The molecule has 1 atom stereocenters. The second-order valence-corrected chi connectivity index (χ2v) is 7.88. The summed E-state index contributed by atoms with van der Waals surface area (Å²) in [4.78, 5) is 27.8. The minimum absolute atomic E-state index is 0.0176. The fraction of sp³-hybridized carbons (Fsp3) is 0.550. The highest BCUT2D eigenvalue weighted by atomic mass is 19.4. The largest absolute Gasteiger partial charge is 0.490 e. The van der Waals surface area contributed by atoms with Crippen molar-refractivity contribution in [2.75, 3.05) is 20.3 Å². The molecule has 32 heavy (non-hydrogen) atoms. The second kappa shape index (κ2) is 9.63. The number of pyridine rings is 1. The van der Waals surface area contributed by atoms with Crippen LogP contribution in [0.2, 0.25) is 0 Å². The number of carboxylic acid groups (broad SMARTS) is 1. The molecular formula is C20H24F3N5O4. The average molecular weight is 455 g/mol. The number of carbonyl (C=O) groups excluding carboxylic acids is 1. The molecule has 1 N–H and O–H groups in total. The van der Waals surface area contributed by atoms with Gasteiger partial charge in [0.05, 0.1) is 24.4 Å². The van der Waals surface area contributed by atoms with Crippen molar-refractivity contribution in [1.29, 1.82) is 0 Å². The molecule has 1 aliphatic carbocycles. The van der Waals surface area contributed by atoms with Crippen LogP contribution in [-0.2, 0) is 22.6 Å². The number of carbonyl (C=O) groups is 2. The van der Waals surface area contributed by atoms with Crippen molar-refractivity contribution in [3.05, 3.63) is 41.0 Å². The van der Waals surface area contributed by atoms with Gasteiger partial charge in [-0.05, 0) is 37.8 Å². The predicted molar refractivity (Wildman–Crippen MR) is 105 cm³/mol. The third-order valence-corrected chi connectivity index (χ3v) is 5.20. The number of amides is 1. The van der Waals surface area contributed by atoms with Crippen molar-refractivity contribution >= 4 is 11.9 Å². The summed E-state index contributed by atoms with van der Waals surface area (Å²) in [5, 5.41) is 15.8. The van der Waals surface area contributed by atoms with Gasteiger partial charge in [-0.2, -0.15) is 13.2 Å². The van der Waals surface area contributed by atoms with Gasteiger partial charge in [-0.3, -0.25) is 9.78 Å². The topological polar surface area (TPSA) is 110 Å². The highest BCUT2D eigenvalue weighted by Crippen LogP contribution is 2.34. The number of fused-ring (bicyclic) bond motifs is 1. The van der Waals surface area contributed by atoms with E-state index in [0.29, 0.717) is 25.3 Å². The lowest BCUT2D eigenvalue weighted by atomic mass is 9.98. The number of methoxy groups -OCH3 is 1. The monoisotopic (exact) mass is 455 g/mol. The van der Waals surface area contributed by atoms with Crippen LogP contribution in [0.3, 0.4) is 0 Å². The molecular weight excluding hydrogens is 431 g/mol. The Morgan fingerprint density at radius 1 is 1.28 bits per heavy atom. The number of nitrogens with zero attached hydrogens (tertiary/aromatic N) is 5. The van der Waals surface area contributed by atoms with E-state index in [2.05, 4.69) is 15.3 Å². The van der Waals surface area contributed by atoms with Crippen LogP contribution >= 0.6 is 0 Å². The van der Waals surface area contributed by atoms with E-state index in [1.165, 1.54) is 12.8 Å². The van der Waals surface area contributed by atoms with Gasteiger partial charge in [0, 0.05) is 38.0 Å². The predicted octanol–water partition coefficient (Wildman–Crippen LogP) is 2.41. The van der Waals surface area contributed by atoms with Crippen LogP contribution in [-0.4, -0.2) is 68.3 Å². The normalized spacial score (nSPS) is 17.9. The summed E-state index contributed by atoms with van der Waals surface area (Å²) in [6.07, 6.45) is -0.897. The number of alkyl halides is 3. The van der Waals surface area contributed by atoms with E-state index < -0.39 is 12.1 Å². The van der Waals surface area contributed by atoms with E-state index in [1.807, 2.05) is 28.6 Å². The molecule has 0 bridgehead atoms. The number of aliphatic carboxylic acids is 1. The van der Waals surface area contributed by atoms with Crippen LogP contribution in [0.15, 0.2) is 18.3 Å². The first kappa shape index (κ1) is 23.6. The van der Waals surface area contributed by atoms with E-state index in [1.54, 1.807) is 13.3 Å². The molecule has 2 aromatic rings. The zero-order chi connectivity index (χ0) is 23.5. The Kier molecular flexibility index (Phi) is 7.12. The van der Waals surface area contributed by atoms with Crippen LogP contribution in [0.1, 0.15) is 46.2 Å². The van der Waals surface area contributed by atoms with Gasteiger partial charge in [0.15, 0.2) is 0 Å². The third-order valence-electron chi connectivity index (χ3n) is 5.20. The van der Waals surface area contributed by atoms with Crippen LogP contribution in [0, 0.1) is 12.8 Å². The molecule has 2 aromatic heterocycles. The number of ether oxygens (including phenoxy) is 1. The average Bonchev–Trinajstić information content (AvgIpc) is 3.46. The summed E-state index contributed by atoms with van der Waals surface area (Å²) >= 11 is 0. The second-order valence-electron chi connectivity index (χ2n) is 7.88. The molecule has 1 fully saturated rings. The Hall–Kier alpha value is -3.02. The van der Waals surface area contributed by atoms with Crippen molar-refractivity contribution in [1.82, 2.24) is 24.9 Å². The maximum absolute atomic E-state index is 12.9. The maximum atomic E-state index is 12.9. The molecule has 174 valence electrons. The lowest BCUT2D eigenvalue weighted by Gasteiger charge is -2.32. The summed E-state index contributed by atoms with van der Waals surface area (Å²) in [7, 11) is 1.69. The number of rotatable bonds is 5. The Bertz CT molecular complexity index is 957. The molecule has 3 heterocycles. The highest BCUT2D eigenvalue weighted by molar-refractivity contribution is 5.94. The summed E-state index contributed by atoms with van der Waals surface area (Å²) in [5.74, 6) is -1.94. The van der Waals surface area contributed by atoms with Crippen molar-refractivity contribution in [2.24, 2.45) is 5.92 Å². The van der Waals surface area contributed by atoms with Crippen molar-refractivity contribution in [3.63, 3.8) is 0 Å². The van der Waals surface area contributed by atoms with Gasteiger partial charge in [-0.15, -0.1) is 5.10 Å². The van der Waals surface area contributed by atoms with Crippen molar-refractivity contribution < 1.29 is 32.6 Å². The fourth-order valence-electron chi connectivity index (χ4n) is 3.46. The number of halogens is 3. The Labute approximate surface area is 182 Å². The summed E-state index contributed by atoms with van der Waals surface area (Å²) in [5.41, 5.74) is 3.54. The molecule has 1 saturated carbocycles. The molecule has 1 aliphatic heterocycles. The van der Waals surface area contributed by atoms with Gasteiger partial charge in [-0.25, -0.2) is 9.48 Å². The summed E-state index contributed by atoms with van der Waals surface area (Å²) < 4.78 is 39.2. The van der Waals surface area contributed by atoms with Gasteiger partial charge in [0.1, 0.15) is 5.69 Å². The molecule has 0 saturated heterocycles. The van der Waals surface area contributed by atoms with Gasteiger partial charge in [0.25, 0.3) is 5.91 Å². The molecule has 9 nitrogen and oxygen atoms in total. The molecule has 12 heteroatoms. The molecule has 2 aliphatic rings. The van der Waals surface area contributed by atoms with E-state index in [-0.39, 0.29) is 11.8 Å². The van der Waals surface area contributed by atoms with Crippen LogP contribution in [0.4, 0.5) is 13.2 Å². The zero-order valence-corrected chi connectivity index (χ0v) is 17.7. The first-order chi connectivity index (χ1) is 15.1. The van der Waals surface area contributed by atoms with Crippen LogP contribution < -0.4 is 0 Å². The lowest BCUT2D eigenvalue weighted by molar-refractivity contribution is -0.192. The summed E-state index contributed by atoms with van der Waals surface area (Å²) in [6, 6.07) is 3.69. The van der Waals surface area contributed by atoms with Crippen molar-refractivity contribution in [3.8, 4) is 0 Å². The minimum Gasteiger partial charge on any atom is -0.475 e. The van der Waals surface area contributed by atoms with E-state index in [0.717, 1.165) is 29.5 Å². The quantitative estimate of drug-likeness (QED) is 0.737. The van der Waals surface area contributed by atoms with E-state index >= 15 is 0 Å². The number of hydrogen-bond acceptors (Lipinski definition) is 6. The van der Waals surface area contributed by atoms with E-state index in [9.17, 15) is 18.0 Å². The smallest absolute Gasteiger partial charge is 0.475 e. The van der Waals surface area contributed by atoms with Crippen LogP contribution in [0.5, 0.6) is 0 Å². The fourth-order valence-corrected chi connectivity index (χ4v) is 3.46. The first-order valence-electron chi connectivity index (χ1n) is 10.0. The number of aryl methyl sites for hydroxylation is 1. The molecule has 1 amide bonds. The molecule has 4 rings (SSSR count). The molecule has 0 spiro atoms. The number of carboxylic acids is 1. The Morgan fingerprint density at radius 3 is 2.50 bits per heavy atom. The van der Waals surface area contributed by atoms with E-state index in [4.69, 9.17) is 14.6 Å². The first-order valence-corrected chi connectivity index (χ1v) is 10.0. The zero-order valence-electron chi connectivity index (χ0n) is 17.7. The molecule has 0 aromatic carbocycles. The highest BCUT2D eigenvalue weighted by Gasteiger charge is 2.38. The third kappa shape index (κ3) is 5.81. The maximum Gasteiger partial charge on any atom is 0.490 e.